The molecule has 0 atom stereocenters. The van der Waals surface area contributed by atoms with Crippen LogP contribution in [0.1, 0.15) is 42.7 Å². The van der Waals surface area contributed by atoms with Crippen LogP contribution in [0.3, 0.4) is 0 Å². The van der Waals surface area contributed by atoms with Crippen molar-refractivity contribution in [2.45, 2.75) is 38.5 Å². The molecule has 0 unspecified atom stereocenters. The van der Waals surface area contributed by atoms with Crippen molar-refractivity contribution >= 4 is 23.4 Å². The first-order valence-corrected chi connectivity index (χ1v) is 9.75. The third kappa shape index (κ3) is 5.25. The molecule has 0 bridgehead atoms. The standard InChI is InChI=1S/C22H27N3O4/c1-14-4-9-20(28-2)19(10-14)25-22(27)24-18-11-17(12-23-13-18)15-5-7-16(8-6-15)21(26)29-3/h4,9-13,15-16H,5-8H2,1-3H3,(H2,24,25,27). The fourth-order valence-electron chi connectivity index (χ4n) is 3.78. The minimum absolute atomic E-state index is 0.0133. The molecule has 0 radical (unpaired) electrons. The zero-order valence-corrected chi connectivity index (χ0v) is 17.0. The zero-order valence-electron chi connectivity index (χ0n) is 17.0. The van der Waals surface area contributed by atoms with Crippen LogP contribution in [-0.4, -0.2) is 31.2 Å². The highest BCUT2D eigenvalue weighted by Gasteiger charge is 2.27. The number of urea groups is 1. The second kappa shape index (κ2) is 9.41. The molecule has 1 aromatic heterocycles. The summed E-state index contributed by atoms with van der Waals surface area (Å²) in [5.41, 5.74) is 3.32. The van der Waals surface area contributed by atoms with Gasteiger partial charge in [-0.25, -0.2) is 4.79 Å². The maximum atomic E-state index is 12.4. The number of pyridine rings is 1. The molecule has 154 valence electrons. The topological polar surface area (TPSA) is 89.5 Å². The number of carbonyl (C=O) groups excluding carboxylic acids is 2. The summed E-state index contributed by atoms with van der Waals surface area (Å²) in [6.07, 6.45) is 6.87. The van der Waals surface area contributed by atoms with Crippen molar-refractivity contribution in [3.05, 3.63) is 47.8 Å². The normalized spacial score (nSPS) is 18.6. The van der Waals surface area contributed by atoms with E-state index in [-0.39, 0.29) is 17.9 Å². The first kappa shape index (κ1) is 20.6. The average molecular weight is 397 g/mol. The Hall–Kier alpha value is -3.09. The quantitative estimate of drug-likeness (QED) is 0.726. The summed E-state index contributed by atoms with van der Waals surface area (Å²) in [7, 11) is 3.00. The molecule has 1 fully saturated rings. The molecule has 1 heterocycles. The van der Waals surface area contributed by atoms with Gasteiger partial charge in [-0.2, -0.15) is 0 Å². The van der Waals surface area contributed by atoms with Gasteiger partial charge in [0.25, 0.3) is 0 Å². The van der Waals surface area contributed by atoms with Crippen molar-refractivity contribution in [3.8, 4) is 5.75 Å². The smallest absolute Gasteiger partial charge is 0.323 e. The maximum Gasteiger partial charge on any atom is 0.323 e. The molecule has 0 aliphatic heterocycles. The van der Waals surface area contributed by atoms with Gasteiger partial charge in [-0.05, 0) is 67.9 Å². The summed E-state index contributed by atoms with van der Waals surface area (Å²) >= 11 is 0. The van der Waals surface area contributed by atoms with E-state index in [4.69, 9.17) is 9.47 Å². The van der Waals surface area contributed by atoms with Gasteiger partial charge in [-0.3, -0.25) is 9.78 Å². The van der Waals surface area contributed by atoms with Gasteiger partial charge in [0, 0.05) is 6.20 Å². The number of amides is 2. The highest BCUT2D eigenvalue weighted by Crippen LogP contribution is 2.36. The molecule has 7 nitrogen and oxygen atoms in total. The SMILES string of the molecule is COC(=O)C1CCC(c2cncc(NC(=O)Nc3cc(C)ccc3OC)c2)CC1. The number of nitrogens with one attached hydrogen (secondary N) is 2. The number of benzene rings is 1. The molecule has 3 rings (SSSR count). The highest BCUT2D eigenvalue weighted by atomic mass is 16.5. The van der Waals surface area contributed by atoms with Crippen LogP contribution < -0.4 is 15.4 Å². The van der Waals surface area contributed by atoms with Gasteiger partial charge in [0.1, 0.15) is 5.75 Å². The molecule has 1 aliphatic carbocycles. The number of anilines is 2. The number of aryl methyl sites for hydroxylation is 1. The van der Waals surface area contributed by atoms with Gasteiger partial charge >= 0.3 is 12.0 Å². The van der Waals surface area contributed by atoms with Gasteiger partial charge in [0.05, 0.1) is 37.7 Å². The van der Waals surface area contributed by atoms with Crippen LogP contribution in [-0.2, 0) is 9.53 Å². The number of hydrogen-bond donors (Lipinski definition) is 2. The molecule has 1 saturated carbocycles. The van der Waals surface area contributed by atoms with Gasteiger partial charge in [0.15, 0.2) is 0 Å². The molecule has 7 heteroatoms. The Labute approximate surface area is 170 Å². The van der Waals surface area contributed by atoms with E-state index >= 15 is 0 Å². The fourth-order valence-corrected chi connectivity index (χ4v) is 3.78. The molecular formula is C22H27N3O4. The molecular weight excluding hydrogens is 370 g/mol. The molecule has 1 aromatic carbocycles. The second-order valence-electron chi connectivity index (χ2n) is 7.36. The monoisotopic (exact) mass is 397 g/mol. The summed E-state index contributed by atoms with van der Waals surface area (Å²) < 4.78 is 10.1. The number of aromatic nitrogens is 1. The van der Waals surface area contributed by atoms with Gasteiger partial charge < -0.3 is 20.1 Å². The van der Waals surface area contributed by atoms with E-state index in [1.54, 1.807) is 13.3 Å². The maximum absolute atomic E-state index is 12.4. The van der Waals surface area contributed by atoms with Crippen molar-refractivity contribution in [3.63, 3.8) is 0 Å². The Morgan fingerprint density at radius 1 is 1.03 bits per heavy atom. The third-order valence-electron chi connectivity index (χ3n) is 5.35. The molecule has 2 N–H and O–H groups in total. The van der Waals surface area contributed by atoms with Crippen LogP contribution in [0.2, 0.25) is 0 Å². The first-order chi connectivity index (χ1) is 14.0. The Kier molecular flexibility index (Phi) is 6.69. The minimum atomic E-state index is -0.359. The average Bonchev–Trinajstić information content (AvgIpc) is 2.73. The van der Waals surface area contributed by atoms with E-state index in [1.807, 2.05) is 37.4 Å². The number of ether oxygens (including phenoxy) is 2. The summed E-state index contributed by atoms with van der Waals surface area (Å²) in [5.74, 6) is 0.783. The van der Waals surface area contributed by atoms with E-state index in [1.165, 1.54) is 7.11 Å². The van der Waals surface area contributed by atoms with Crippen molar-refractivity contribution in [1.82, 2.24) is 4.98 Å². The van der Waals surface area contributed by atoms with E-state index in [9.17, 15) is 9.59 Å². The Balaban J connectivity index is 1.62. The zero-order chi connectivity index (χ0) is 20.8. The van der Waals surface area contributed by atoms with E-state index < -0.39 is 0 Å². The number of rotatable bonds is 5. The summed E-state index contributed by atoms with van der Waals surface area (Å²) in [6.45, 7) is 1.95. The van der Waals surface area contributed by atoms with E-state index in [0.29, 0.717) is 23.0 Å². The molecule has 0 spiro atoms. The van der Waals surface area contributed by atoms with Crippen LogP contribution in [0.5, 0.6) is 5.75 Å². The molecule has 0 saturated heterocycles. The lowest BCUT2D eigenvalue weighted by Gasteiger charge is -2.27. The van der Waals surface area contributed by atoms with Crippen LogP contribution >= 0.6 is 0 Å². The van der Waals surface area contributed by atoms with Gasteiger partial charge in [0.2, 0.25) is 0 Å². The highest BCUT2D eigenvalue weighted by molar-refractivity contribution is 6.00. The summed E-state index contributed by atoms with van der Waals surface area (Å²) in [4.78, 5) is 28.4. The van der Waals surface area contributed by atoms with Crippen LogP contribution in [0.25, 0.3) is 0 Å². The Bertz CT molecular complexity index is 876. The minimum Gasteiger partial charge on any atom is -0.495 e. The lowest BCUT2D eigenvalue weighted by Crippen LogP contribution is -2.22. The number of esters is 1. The van der Waals surface area contributed by atoms with Crippen molar-refractivity contribution in [1.29, 1.82) is 0 Å². The second-order valence-corrected chi connectivity index (χ2v) is 7.36. The number of hydrogen-bond acceptors (Lipinski definition) is 5. The Morgan fingerprint density at radius 3 is 2.48 bits per heavy atom. The van der Waals surface area contributed by atoms with Crippen LogP contribution in [0.15, 0.2) is 36.7 Å². The first-order valence-electron chi connectivity index (χ1n) is 9.75. The lowest BCUT2D eigenvalue weighted by molar-refractivity contribution is -0.146. The van der Waals surface area contributed by atoms with Gasteiger partial charge in [-0.1, -0.05) is 6.07 Å². The summed E-state index contributed by atoms with van der Waals surface area (Å²) in [5, 5.41) is 5.65. The predicted molar refractivity (Wildman–Crippen MR) is 111 cm³/mol. The number of carbonyl (C=O) groups is 2. The third-order valence-corrected chi connectivity index (χ3v) is 5.35. The van der Waals surface area contributed by atoms with Crippen molar-refractivity contribution in [2.75, 3.05) is 24.9 Å². The molecule has 2 amide bonds. The number of nitrogens with zero attached hydrogens (tertiary/aromatic N) is 1. The predicted octanol–water partition coefficient (Wildman–Crippen LogP) is 4.49. The van der Waals surface area contributed by atoms with Crippen LogP contribution in [0, 0.1) is 12.8 Å². The molecule has 29 heavy (non-hydrogen) atoms. The number of methoxy groups -OCH3 is 2. The van der Waals surface area contributed by atoms with Crippen LogP contribution in [0.4, 0.5) is 16.2 Å². The molecule has 2 aromatic rings. The summed E-state index contributed by atoms with van der Waals surface area (Å²) in [6, 6.07) is 7.18. The Morgan fingerprint density at radius 2 is 1.79 bits per heavy atom. The molecule has 1 aliphatic rings. The fraction of sp³-hybridized carbons (Fsp3) is 0.409. The van der Waals surface area contributed by atoms with Crippen molar-refractivity contribution in [2.24, 2.45) is 5.92 Å². The largest absolute Gasteiger partial charge is 0.495 e. The van der Waals surface area contributed by atoms with E-state index in [0.717, 1.165) is 36.8 Å². The van der Waals surface area contributed by atoms with Gasteiger partial charge in [-0.15, -0.1) is 0 Å². The lowest BCUT2D eigenvalue weighted by atomic mass is 9.79. The van der Waals surface area contributed by atoms with Crippen molar-refractivity contribution < 1.29 is 19.1 Å². The van der Waals surface area contributed by atoms with E-state index in [2.05, 4.69) is 15.6 Å².